The minimum atomic E-state index is -3.49. The van der Waals surface area contributed by atoms with Crippen LogP contribution in [0.4, 0.5) is 0 Å². The highest BCUT2D eigenvalue weighted by Gasteiger charge is 2.44. The molecule has 0 saturated carbocycles. The normalized spacial score (nSPS) is 27.4. The number of hydrogen-bond acceptors (Lipinski definition) is 5. The average molecular weight is 428 g/mol. The fourth-order valence-electron chi connectivity index (χ4n) is 4.62. The van der Waals surface area contributed by atoms with Gasteiger partial charge in [-0.05, 0) is 50.9 Å². The Labute approximate surface area is 173 Å². The van der Waals surface area contributed by atoms with E-state index in [0.717, 1.165) is 58.4 Å². The first kappa shape index (κ1) is 20.6. The SMILES string of the molecule is CN1CCN(CC2CCC3(CCN(S(=O)(=O)c4cccc(Cl)c4)CC3)O2)CC1. The maximum absolute atomic E-state index is 12.9. The number of halogens is 1. The largest absolute Gasteiger partial charge is 0.370 e. The van der Waals surface area contributed by atoms with Crippen molar-refractivity contribution in [2.45, 2.75) is 42.3 Å². The highest BCUT2D eigenvalue weighted by molar-refractivity contribution is 7.89. The van der Waals surface area contributed by atoms with Gasteiger partial charge in [-0.2, -0.15) is 4.31 Å². The van der Waals surface area contributed by atoms with Crippen molar-refractivity contribution in [2.75, 3.05) is 52.9 Å². The van der Waals surface area contributed by atoms with Gasteiger partial charge in [-0.3, -0.25) is 4.90 Å². The molecule has 4 rings (SSSR count). The van der Waals surface area contributed by atoms with Crippen LogP contribution >= 0.6 is 11.6 Å². The minimum Gasteiger partial charge on any atom is -0.370 e. The third-order valence-electron chi connectivity index (χ3n) is 6.46. The standard InChI is InChI=1S/C20H30ClN3O3S/c1-22-11-13-23(14-12-22)16-18-5-6-20(27-18)7-9-24(10-8-20)28(25,26)19-4-2-3-17(21)15-19/h2-4,15,18H,5-14,16H2,1H3. The molecule has 0 N–H and O–H groups in total. The predicted octanol–water partition coefficient (Wildman–Crippen LogP) is 2.29. The molecule has 0 radical (unpaired) electrons. The van der Waals surface area contributed by atoms with Gasteiger partial charge in [-0.15, -0.1) is 0 Å². The summed E-state index contributed by atoms with van der Waals surface area (Å²) >= 11 is 5.98. The summed E-state index contributed by atoms with van der Waals surface area (Å²) in [6.07, 6.45) is 3.93. The van der Waals surface area contributed by atoms with E-state index < -0.39 is 10.0 Å². The van der Waals surface area contributed by atoms with Crippen molar-refractivity contribution in [3.8, 4) is 0 Å². The van der Waals surface area contributed by atoms with Crippen LogP contribution in [-0.2, 0) is 14.8 Å². The van der Waals surface area contributed by atoms with Gasteiger partial charge < -0.3 is 9.64 Å². The summed E-state index contributed by atoms with van der Waals surface area (Å²) in [6.45, 7) is 6.47. The number of piperidine rings is 1. The van der Waals surface area contributed by atoms with Gasteiger partial charge in [0.1, 0.15) is 0 Å². The van der Waals surface area contributed by atoms with E-state index in [0.29, 0.717) is 18.1 Å². The molecule has 1 aromatic carbocycles. The molecule has 1 aromatic rings. The van der Waals surface area contributed by atoms with Crippen molar-refractivity contribution >= 4 is 21.6 Å². The molecule has 1 unspecified atom stereocenters. The quantitative estimate of drug-likeness (QED) is 0.737. The van der Waals surface area contributed by atoms with E-state index in [2.05, 4.69) is 16.8 Å². The Morgan fingerprint density at radius 3 is 2.50 bits per heavy atom. The van der Waals surface area contributed by atoms with Gasteiger partial charge in [-0.25, -0.2) is 8.42 Å². The smallest absolute Gasteiger partial charge is 0.243 e. The third-order valence-corrected chi connectivity index (χ3v) is 8.59. The summed E-state index contributed by atoms with van der Waals surface area (Å²) in [5.41, 5.74) is -0.141. The van der Waals surface area contributed by atoms with E-state index in [1.54, 1.807) is 22.5 Å². The zero-order valence-electron chi connectivity index (χ0n) is 16.5. The Kier molecular flexibility index (Phi) is 6.03. The molecular weight excluding hydrogens is 398 g/mol. The predicted molar refractivity (Wildman–Crippen MR) is 110 cm³/mol. The van der Waals surface area contributed by atoms with Crippen LogP contribution in [0.3, 0.4) is 0 Å². The molecule has 3 saturated heterocycles. The summed E-state index contributed by atoms with van der Waals surface area (Å²) in [4.78, 5) is 5.14. The lowest BCUT2D eigenvalue weighted by Crippen LogP contribution is -2.49. The lowest BCUT2D eigenvalue weighted by Gasteiger charge is -2.39. The maximum Gasteiger partial charge on any atom is 0.243 e. The number of benzene rings is 1. The van der Waals surface area contributed by atoms with Crippen molar-refractivity contribution in [1.29, 1.82) is 0 Å². The minimum absolute atomic E-state index is 0.141. The Balaban J connectivity index is 1.33. The van der Waals surface area contributed by atoms with Crippen LogP contribution in [-0.4, -0.2) is 87.1 Å². The van der Waals surface area contributed by atoms with E-state index >= 15 is 0 Å². The lowest BCUT2D eigenvalue weighted by molar-refractivity contribution is -0.0777. The first-order valence-corrected chi connectivity index (χ1v) is 12.0. The number of likely N-dealkylation sites (N-methyl/N-ethyl adjacent to an activating group) is 1. The molecule has 3 aliphatic heterocycles. The molecule has 0 bridgehead atoms. The zero-order chi connectivity index (χ0) is 19.8. The van der Waals surface area contributed by atoms with Crippen LogP contribution in [0, 0.1) is 0 Å². The molecule has 6 nitrogen and oxygen atoms in total. The van der Waals surface area contributed by atoms with Gasteiger partial charge in [0, 0.05) is 50.8 Å². The summed E-state index contributed by atoms with van der Waals surface area (Å²) < 4.78 is 33.9. The van der Waals surface area contributed by atoms with Crippen molar-refractivity contribution in [3.05, 3.63) is 29.3 Å². The van der Waals surface area contributed by atoms with E-state index in [1.165, 1.54) is 6.07 Å². The second-order valence-corrected chi connectivity index (χ2v) is 10.8. The second kappa shape index (κ2) is 8.20. The van der Waals surface area contributed by atoms with Gasteiger partial charge in [0.2, 0.25) is 10.0 Å². The van der Waals surface area contributed by atoms with E-state index in [1.807, 2.05) is 0 Å². The number of hydrogen-bond donors (Lipinski definition) is 0. The topological polar surface area (TPSA) is 53.1 Å². The van der Waals surface area contributed by atoms with Crippen LogP contribution in [0.15, 0.2) is 29.2 Å². The van der Waals surface area contributed by atoms with Gasteiger partial charge in [-0.1, -0.05) is 17.7 Å². The zero-order valence-corrected chi connectivity index (χ0v) is 18.1. The van der Waals surface area contributed by atoms with Gasteiger partial charge in [0.25, 0.3) is 0 Å². The molecule has 3 aliphatic rings. The molecule has 156 valence electrons. The van der Waals surface area contributed by atoms with Crippen molar-refractivity contribution in [1.82, 2.24) is 14.1 Å². The molecule has 8 heteroatoms. The monoisotopic (exact) mass is 427 g/mol. The average Bonchev–Trinajstić information content (AvgIpc) is 3.06. The van der Waals surface area contributed by atoms with Crippen molar-refractivity contribution in [3.63, 3.8) is 0 Å². The number of nitrogens with zero attached hydrogens (tertiary/aromatic N) is 3. The molecular formula is C20H30ClN3O3S. The van der Waals surface area contributed by atoms with E-state index in [9.17, 15) is 8.42 Å². The van der Waals surface area contributed by atoms with Crippen LogP contribution in [0.2, 0.25) is 5.02 Å². The molecule has 3 fully saturated rings. The Bertz CT molecular complexity index is 788. The first-order valence-electron chi connectivity index (χ1n) is 10.2. The van der Waals surface area contributed by atoms with Gasteiger partial charge in [0.05, 0.1) is 16.6 Å². The van der Waals surface area contributed by atoms with Gasteiger partial charge in [0.15, 0.2) is 0 Å². The number of sulfonamides is 1. The maximum atomic E-state index is 12.9. The third kappa shape index (κ3) is 4.40. The Morgan fingerprint density at radius 1 is 1.11 bits per heavy atom. The van der Waals surface area contributed by atoms with Crippen LogP contribution in [0.5, 0.6) is 0 Å². The Hall–Kier alpha value is -0.700. The summed E-state index contributed by atoms with van der Waals surface area (Å²) in [7, 11) is -1.32. The summed E-state index contributed by atoms with van der Waals surface area (Å²) in [5, 5.41) is 0.445. The molecule has 0 aliphatic carbocycles. The molecule has 0 amide bonds. The van der Waals surface area contributed by atoms with Crippen LogP contribution in [0.1, 0.15) is 25.7 Å². The molecule has 28 heavy (non-hydrogen) atoms. The number of rotatable bonds is 4. The highest BCUT2D eigenvalue weighted by Crippen LogP contribution is 2.40. The van der Waals surface area contributed by atoms with Crippen LogP contribution < -0.4 is 0 Å². The first-order chi connectivity index (χ1) is 13.4. The summed E-state index contributed by atoms with van der Waals surface area (Å²) in [6, 6.07) is 6.52. The molecule has 3 heterocycles. The van der Waals surface area contributed by atoms with Crippen molar-refractivity contribution in [2.24, 2.45) is 0 Å². The highest BCUT2D eigenvalue weighted by atomic mass is 35.5. The lowest BCUT2D eigenvalue weighted by atomic mass is 9.89. The van der Waals surface area contributed by atoms with E-state index in [4.69, 9.17) is 16.3 Å². The molecule has 0 aromatic heterocycles. The number of ether oxygens (including phenoxy) is 1. The van der Waals surface area contributed by atoms with Crippen LogP contribution in [0.25, 0.3) is 0 Å². The van der Waals surface area contributed by atoms with E-state index in [-0.39, 0.29) is 16.6 Å². The molecule has 1 spiro atoms. The fourth-order valence-corrected chi connectivity index (χ4v) is 6.36. The Morgan fingerprint density at radius 2 is 1.82 bits per heavy atom. The number of piperazine rings is 1. The second-order valence-electron chi connectivity index (χ2n) is 8.43. The van der Waals surface area contributed by atoms with Crippen molar-refractivity contribution < 1.29 is 13.2 Å². The molecule has 1 atom stereocenters. The summed E-state index contributed by atoms with van der Waals surface area (Å²) in [5.74, 6) is 0. The van der Waals surface area contributed by atoms with Gasteiger partial charge >= 0.3 is 0 Å². The fraction of sp³-hybridized carbons (Fsp3) is 0.700.